The highest BCUT2D eigenvalue weighted by atomic mass is 16.3. The zero-order valence-electron chi connectivity index (χ0n) is 21.3. The summed E-state index contributed by atoms with van der Waals surface area (Å²) in [4.78, 5) is 14.8. The van der Waals surface area contributed by atoms with E-state index in [-0.39, 0.29) is 17.6 Å². The molecule has 0 radical (unpaired) electrons. The second kappa shape index (κ2) is 9.09. The first kappa shape index (κ1) is 24.1. The van der Waals surface area contributed by atoms with Crippen LogP contribution in [0.3, 0.4) is 0 Å². The van der Waals surface area contributed by atoms with E-state index >= 15 is 0 Å². The van der Waals surface area contributed by atoms with Crippen LogP contribution in [0.4, 0.5) is 0 Å². The van der Waals surface area contributed by atoms with Gasteiger partial charge in [-0.25, -0.2) is 0 Å². The quantitative estimate of drug-likeness (QED) is 0.596. The first-order valence-electron chi connectivity index (χ1n) is 14.1. The molecule has 0 aromatic carbocycles. The average molecular weight is 461 g/mol. The van der Waals surface area contributed by atoms with Gasteiger partial charge in [0.2, 0.25) is 5.91 Å². The number of hydrogen-bond acceptors (Lipinski definition) is 4. The van der Waals surface area contributed by atoms with E-state index in [0.29, 0.717) is 47.3 Å². The van der Waals surface area contributed by atoms with Gasteiger partial charge in [-0.3, -0.25) is 4.79 Å². The lowest BCUT2D eigenvalue weighted by atomic mass is 9.43. The number of nitrogens with zero attached hydrogens (tertiary/aromatic N) is 1. The Bertz CT molecular complexity index is 724. The Hall–Kier alpha value is -0.650. The second-order valence-electron chi connectivity index (χ2n) is 13.0. The van der Waals surface area contributed by atoms with Crippen LogP contribution in [0.1, 0.15) is 85.0 Å². The number of amides is 1. The third-order valence-electron chi connectivity index (χ3n) is 11.8. The maximum atomic E-state index is 12.8. The third-order valence-corrected chi connectivity index (χ3v) is 11.8. The molecule has 4 saturated carbocycles. The topological polar surface area (TPSA) is 72.8 Å². The van der Waals surface area contributed by atoms with Crippen molar-refractivity contribution in [2.24, 2.45) is 46.3 Å². The maximum absolute atomic E-state index is 12.8. The number of aliphatic hydroxyl groups is 2. The van der Waals surface area contributed by atoms with Crippen molar-refractivity contribution >= 4 is 5.91 Å². The van der Waals surface area contributed by atoms with Gasteiger partial charge < -0.3 is 20.4 Å². The molecule has 1 amide bonds. The summed E-state index contributed by atoms with van der Waals surface area (Å²) in [6.45, 7) is 10.8. The van der Waals surface area contributed by atoms with Crippen LogP contribution in [0.5, 0.6) is 0 Å². The first-order chi connectivity index (χ1) is 15.7. The highest BCUT2D eigenvalue weighted by Gasteiger charge is 2.63. The van der Waals surface area contributed by atoms with Crippen molar-refractivity contribution in [3.63, 3.8) is 0 Å². The van der Waals surface area contributed by atoms with Crippen molar-refractivity contribution in [2.75, 3.05) is 26.2 Å². The van der Waals surface area contributed by atoms with Gasteiger partial charge in [0.15, 0.2) is 0 Å². The van der Waals surface area contributed by atoms with Crippen LogP contribution in [0.15, 0.2) is 0 Å². The van der Waals surface area contributed by atoms with Gasteiger partial charge in [-0.1, -0.05) is 20.8 Å². The fourth-order valence-corrected chi connectivity index (χ4v) is 9.78. The Kier molecular flexibility index (Phi) is 6.63. The predicted octanol–water partition coefficient (Wildman–Crippen LogP) is 3.83. The van der Waals surface area contributed by atoms with Crippen molar-refractivity contribution in [1.82, 2.24) is 10.2 Å². The lowest BCUT2D eigenvalue weighted by molar-refractivity contribution is -0.175. The predicted molar refractivity (Wildman–Crippen MR) is 130 cm³/mol. The van der Waals surface area contributed by atoms with Crippen LogP contribution in [-0.4, -0.2) is 59.4 Å². The standard InChI is InChI=1S/C28H48N2O3/c1-18(4-9-26(33)30-14-12-29-13-15-30)22-7-8-23-21-6-5-19-16-20(31)10-11-27(19,2)24(21)17-25(32)28(22,23)3/h18-25,29,31-32H,4-17H2,1-3H3/t18?,19-,20-,21+,22-,23+,24+,25+,27+,28-/m1/s1. The van der Waals surface area contributed by atoms with E-state index in [1.165, 1.54) is 25.7 Å². The molecule has 3 N–H and O–H groups in total. The average Bonchev–Trinajstić information content (AvgIpc) is 3.18. The number of carbonyl (C=O) groups is 1. The minimum atomic E-state index is -0.231. The van der Waals surface area contributed by atoms with E-state index < -0.39 is 0 Å². The summed E-state index contributed by atoms with van der Waals surface area (Å²) in [5, 5.41) is 25.3. The monoisotopic (exact) mass is 460 g/mol. The zero-order valence-corrected chi connectivity index (χ0v) is 21.3. The summed E-state index contributed by atoms with van der Waals surface area (Å²) in [6.07, 6.45) is 10.3. The van der Waals surface area contributed by atoms with Crippen LogP contribution in [0, 0.1) is 46.3 Å². The van der Waals surface area contributed by atoms with Crippen molar-refractivity contribution in [1.29, 1.82) is 0 Å². The molecule has 1 aliphatic heterocycles. The Morgan fingerprint density at radius 1 is 1.03 bits per heavy atom. The van der Waals surface area contributed by atoms with E-state index in [2.05, 4.69) is 26.1 Å². The number of carbonyl (C=O) groups excluding carboxylic acids is 1. The molecule has 0 bridgehead atoms. The lowest BCUT2D eigenvalue weighted by Gasteiger charge is -2.62. The summed E-state index contributed by atoms with van der Waals surface area (Å²) in [6, 6.07) is 0. The minimum absolute atomic E-state index is 0.00392. The number of nitrogens with one attached hydrogen (secondary N) is 1. The Morgan fingerprint density at radius 2 is 1.79 bits per heavy atom. The molecule has 5 fully saturated rings. The molecule has 188 valence electrons. The minimum Gasteiger partial charge on any atom is -0.393 e. The number of fused-ring (bicyclic) bond motifs is 5. The molecule has 10 atom stereocenters. The van der Waals surface area contributed by atoms with Crippen LogP contribution in [0.2, 0.25) is 0 Å². The molecule has 5 heteroatoms. The van der Waals surface area contributed by atoms with Crippen LogP contribution < -0.4 is 5.32 Å². The van der Waals surface area contributed by atoms with E-state index in [9.17, 15) is 15.0 Å². The van der Waals surface area contributed by atoms with E-state index in [0.717, 1.165) is 64.2 Å². The highest BCUT2D eigenvalue weighted by molar-refractivity contribution is 5.76. The van der Waals surface area contributed by atoms with Crippen molar-refractivity contribution in [2.45, 2.75) is 97.2 Å². The Labute approximate surface area is 201 Å². The Balaban J connectivity index is 1.27. The molecular formula is C28H48N2O3. The third kappa shape index (κ3) is 3.98. The molecule has 1 unspecified atom stereocenters. The van der Waals surface area contributed by atoms with Crippen LogP contribution >= 0.6 is 0 Å². The molecule has 1 heterocycles. The SMILES string of the molecule is CC(CCC(=O)N1CCNCC1)[C@H]1CC[C@H]2[C@@H]3CC[C@@H]4C[C@H](O)CC[C@]4(C)[C@H]3C[C@H](O)[C@]12C. The molecule has 5 aliphatic rings. The van der Waals surface area contributed by atoms with Crippen molar-refractivity contribution in [3.05, 3.63) is 0 Å². The number of aliphatic hydroxyl groups excluding tert-OH is 2. The van der Waals surface area contributed by atoms with Crippen LogP contribution in [0.25, 0.3) is 0 Å². The normalized spacial score (nSPS) is 48.5. The molecular weight excluding hydrogens is 412 g/mol. The van der Waals surface area contributed by atoms with E-state index in [1.807, 2.05) is 4.90 Å². The van der Waals surface area contributed by atoms with E-state index in [4.69, 9.17) is 0 Å². The summed E-state index contributed by atoms with van der Waals surface area (Å²) >= 11 is 0. The van der Waals surface area contributed by atoms with Gasteiger partial charge in [-0.15, -0.1) is 0 Å². The van der Waals surface area contributed by atoms with Gasteiger partial charge in [0.1, 0.15) is 0 Å². The molecule has 5 nitrogen and oxygen atoms in total. The van der Waals surface area contributed by atoms with Gasteiger partial charge >= 0.3 is 0 Å². The summed E-state index contributed by atoms with van der Waals surface area (Å²) in [5.41, 5.74) is 0.292. The van der Waals surface area contributed by atoms with Gasteiger partial charge in [0.25, 0.3) is 0 Å². The molecule has 33 heavy (non-hydrogen) atoms. The van der Waals surface area contributed by atoms with Crippen molar-refractivity contribution < 1.29 is 15.0 Å². The Morgan fingerprint density at radius 3 is 2.55 bits per heavy atom. The van der Waals surface area contributed by atoms with Gasteiger partial charge in [0, 0.05) is 32.6 Å². The fourth-order valence-electron chi connectivity index (χ4n) is 9.78. The largest absolute Gasteiger partial charge is 0.393 e. The maximum Gasteiger partial charge on any atom is 0.222 e. The molecule has 0 aromatic rings. The fraction of sp³-hybridized carbons (Fsp3) is 0.964. The molecule has 4 aliphatic carbocycles. The van der Waals surface area contributed by atoms with E-state index in [1.54, 1.807) is 0 Å². The zero-order chi connectivity index (χ0) is 23.4. The molecule has 0 spiro atoms. The number of piperazine rings is 1. The molecule has 5 rings (SSSR count). The molecule has 1 saturated heterocycles. The van der Waals surface area contributed by atoms with Crippen molar-refractivity contribution in [3.8, 4) is 0 Å². The number of hydrogen-bond donors (Lipinski definition) is 3. The van der Waals surface area contributed by atoms with Crippen LogP contribution in [-0.2, 0) is 4.79 Å². The summed E-state index contributed by atoms with van der Waals surface area (Å²) < 4.78 is 0. The summed E-state index contributed by atoms with van der Waals surface area (Å²) in [5.74, 6) is 3.91. The molecule has 0 aromatic heterocycles. The van der Waals surface area contributed by atoms with Gasteiger partial charge in [-0.05, 0) is 104 Å². The highest BCUT2D eigenvalue weighted by Crippen LogP contribution is 2.68. The van der Waals surface area contributed by atoms with Gasteiger partial charge in [-0.2, -0.15) is 0 Å². The van der Waals surface area contributed by atoms with Gasteiger partial charge in [0.05, 0.1) is 12.2 Å². The summed E-state index contributed by atoms with van der Waals surface area (Å²) in [7, 11) is 0. The lowest BCUT2D eigenvalue weighted by Crippen LogP contribution is -2.58. The smallest absolute Gasteiger partial charge is 0.222 e. The number of rotatable bonds is 4. The second-order valence-corrected chi connectivity index (χ2v) is 13.0. The first-order valence-corrected chi connectivity index (χ1v) is 14.1.